The van der Waals surface area contributed by atoms with Crippen LogP contribution in [0.3, 0.4) is 0 Å². The summed E-state index contributed by atoms with van der Waals surface area (Å²) in [6.45, 7) is 5.49. The van der Waals surface area contributed by atoms with E-state index in [4.69, 9.17) is 9.15 Å². The summed E-state index contributed by atoms with van der Waals surface area (Å²) in [6.07, 6.45) is 2.64. The molecule has 1 aliphatic carbocycles. The van der Waals surface area contributed by atoms with Crippen molar-refractivity contribution in [1.82, 2.24) is 10.2 Å². The van der Waals surface area contributed by atoms with Gasteiger partial charge >= 0.3 is 0 Å². The minimum absolute atomic E-state index is 0.739. The fourth-order valence-electron chi connectivity index (χ4n) is 2.11. The maximum atomic E-state index is 5.82. The molecule has 2 aliphatic rings. The molecule has 94 valence electrons. The molecule has 3 rings (SSSR count). The monoisotopic (exact) mass is 236 g/mol. The summed E-state index contributed by atoms with van der Waals surface area (Å²) in [7, 11) is 0. The number of hydrogen-bond donors (Lipinski definition) is 1. The number of furan rings is 1. The van der Waals surface area contributed by atoms with E-state index in [1.54, 1.807) is 0 Å². The summed E-state index contributed by atoms with van der Waals surface area (Å²) in [5.74, 6) is 2.12. The van der Waals surface area contributed by atoms with Crippen LogP contribution in [0.1, 0.15) is 24.4 Å². The lowest BCUT2D eigenvalue weighted by Gasteiger charge is -2.25. The fourth-order valence-corrected chi connectivity index (χ4v) is 2.11. The Balaban J connectivity index is 1.48. The lowest BCUT2D eigenvalue weighted by Crippen LogP contribution is -2.35. The molecular weight excluding hydrogens is 216 g/mol. The first-order valence-electron chi connectivity index (χ1n) is 6.51. The fraction of sp³-hybridized carbons (Fsp3) is 0.692. The Morgan fingerprint density at radius 1 is 1.18 bits per heavy atom. The summed E-state index contributed by atoms with van der Waals surface area (Å²) in [5, 5.41) is 3.46. The van der Waals surface area contributed by atoms with Gasteiger partial charge < -0.3 is 14.5 Å². The highest BCUT2D eigenvalue weighted by Crippen LogP contribution is 2.20. The van der Waals surface area contributed by atoms with Crippen molar-refractivity contribution in [3.63, 3.8) is 0 Å². The van der Waals surface area contributed by atoms with Crippen molar-refractivity contribution >= 4 is 0 Å². The lowest BCUT2D eigenvalue weighted by atomic mass is 10.3. The average molecular weight is 236 g/mol. The summed E-state index contributed by atoms with van der Waals surface area (Å²) in [5.41, 5.74) is 0. The van der Waals surface area contributed by atoms with Crippen molar-refractivity contribution in [2.45, 2.75) is 32.0 Å². The molecule has 0 unspecified atom stereocenters. The third kappa shape index (κ3) is 3.31. The third-order valence-corrected chi connectivity index (χ3v) is 3.34. The smallest absolute Gasteiger partial charge is 0.118 e. The second kappa shape index (κ2) is 5.21. The molecule has 1 aliphatic heterocycles. The van der Waals surface area contributed by atoms with Crippen molar-refractivity contribution in [2.75, 3.05) is 26.3 Å². The largest absolute Gasteiger partial charge is 0.463 e. The highest BCUT2D eigenvalue weighted by Gasteiger charge is 2.20. The van der Waals surface area contributed by atoms with Gasteiger partial charge in [0.1, 0.15) is 11.5 Å². The van der Waals surface area contributed by atoms with Gasteiger partial charge in [0.2, 0.25) is 0 Å². The Hall–Kier alpha value is -0.840. The molecule has 0 spiro atoms. The Labute approximate surface area is 102 Å². The molecule has 0 radical (unpaired) electrons. The second-order valence-corrected chi connectivity index (χ2v) is 4.91. The number of ether oxygens (including phenoxy) is 1. The molecule has 1 aromatic heterocycles. The highest BCUT2D eigenvalue weighted by atomic mass is 16.5. The van der Waals surface area contributed by atoms with E-state index in [9.17, 15) is 0 Å². The van der Waals surface area contributed by atoms with Crippen molar-refractivity contribution < 1.29 is 9.15 Å². The molecule has 1 aromatic rings. The molecule has 0 aromatic carbocycles. The summed E-state index contributed by atoms with van der Waals surface area (Å²) in [4.78, 5) is 2.38. The maximum Gasteiger partial charge on any atom is 0.118 e. The molecule has 1 saturated carbocycles. The van der Waals surface area contributed by atoms with E-state index in [1.807, 2.05) is 0 Å². The normalized spacial score (nSPS) is 21.9. The van der Waals surface area contributed by atoms with Crippen LogP contribution in [-0.2, 0) is 17.8 Å². The van der Waals surface area contributed by atoms with Gasteiger partial charge in [0.05, 0.1) is 26.3 Å². The van der Waals surface area contributed by atoms with Crippen LogP contribution in [0.4, 0.5) is 0 Å². The van der Waals surface area contributed by atoms with Crippen LogP contribution in [-0.4, -0.2) is 37.2 Å². The van der Waals surface area contributed by atoms with Crippen LogP contribution < -0.4 is 5.32 Å². The van der Waals surface area contributed by atoms with Crippen molar-refractivity contribution in [1.29, 1.82) is 0 Å². The van der Waals surface area contributed by atoms with Crippen LogP contribution in [0, 0.1) is 0 Å². The second-order valence-electron chi connectivity index (χ2n) is 4.91. The Bertz CT molecular complexity index is 354. The quantitative estimate of drug-likeness (QED) is 0.837. The molecule has 0 atom stereocenters. The number of nitrogens with zero attached hydrogens (tertiary/aromatic N) is 1. The molecule has 17 heavy (non-hydrogen) atoms. The van der Waals surface area contributed by atoms with Crippen molar-refractivity contribution in [2.24, 2.45) is 0 Å². The number of morpholine rings is 1. The zero-order chi connectivity index (χ0) is 11.5. The minimum Gasteiger partial charge on any atom is -0.463 e. The standard InChI is InChI=1S/C13H20N2O2/c1-2-11(1)14-9-12-3-4-13(17-12)10-15-5-7-16-8-6-15/h3-4,11,14H,1-2,5-10H2. The number of nitrogens with one attached hydrogen (secondary N) is 1. The maximum absolute atomic E-state index is 5.82. The zero-order valence-electron chi connectivity index (χ0n) is 10.2. The van der Waals surface area contributed by atoms with Crippen LogP contribution in [0.2, 0.25) is 0 Å². The molecule has 4 heteroatoms. The van der Waals surface area contributed by atoms with E-state index < -0.39 is 0 Å². The van der Waals surface area contributed by atoms with E-state index >= 15 is 0 Å². The van der Waals surface area contributed by atoms with E-state index in [0.717, 1.165) is 57.0 Å². The van der Waals surface area contributed by atoms with Gasteiger partial charge in [0.25, 0.3) is 0 Å². The molecular formula is C13H20N2O2. The summed E-state index contributed by atoms with van der Waals surface area (Å²) < 4.78 is 11.2. The van der Waals surface area contributed by atoms with Gasteiger partial charge in [0, 0.05) is 19.1 Å². The average Bonchev–Trinajstić information content (AvgIpc) is 3.09. The van der Waals surface area contributed by atoms with Gasteiger partial charge in [0.15, 0.2) is 0 Å². The molecule has 1 N–H and O–H groups in total. The summed E-state index contributed by atoms with van der Waals surface area (Å²) in [6, 6.07) is 4.92. The van der Waals surface area contributed by atoms with E-state index in [-0.39, 0.29) is 0 Å². The third-order valence-electron chi connectivity index (χ3n) is 3.34. The van der Waals surface area contributed by atoms with E-state index in [0.29, 0.717) is 0 Å². The van der Waals surface area contributed by atoms with Crippen molar-refractivity contribution in [3.8, 4) is 0 Å². The van der Waals surface area contributed by atoms with Crippen LogP contribution >= 0.6 is 0 Å². The zero-order valence-corrected chi connectivity index (χ0v) is 10.2. The number of rotatable bonds is 5. The van der Waals surface area contributed by atoms with Crippen LogP contribution in [0.15, 0.2) is 16.5 Å². The van der Waals surface area contributed by atoms with Crippen LogP contribution in [0.5, 0.6) is 0 Å². The molecule has 0 bridgehead atoms. The van der Waals surface area contributed by atoms with Gasteiger partial charge in [-0.3, -0.25) is 4.90 Å². The highest BCUT2D eigenvalue weighted by molar-refractivity contribution is 5.07. The first-order chi connectivity index (χ1) is 8.40. The molecule has 2 heterocycles. The predicted octanol–water partition coefficient (Wildman–Crippen LogP) is 1.36. The Morgan fingerprint density at radius 2 is 1.94 bits per heavy atom. The summed E-state index contributed by atoms with van der Waals surface area (Å²) >= 11 is 0. The molecule has 4 nitrogen and oxygen atoms in total. The first kappa shape index (κ1) is 11.3. The van der Waals surface area contributed by atoms with E-state index in [2.05, 4.69) is 22.3 Å². The lowest BCUT2D eigenvalue weighted by molar-refractivity contribution is 0.0312. The Morgan fingerprint density at radius 3 is 2.71 bits per heavy atom. The Kier molecular flexibility index (Phi) is 3.45. The SMILES string of the molecule is c1cc(CN2CCOCC2)oc1CNC1CC1. The topological polar surface area (TPSA) is 37.6 Å². The minimum atomic E-state index is 0.739. The molecule has 0 amide bonds. The van der Waals surface area contributed by atoms with Gasteiger partial charge in [-0.1, -0.05) is 0 Å². The van der Waals surface area contributed by atoms with Crippen molar-refractivity contribution in [3.05, 3.63) is 23.7 Å². The van der Waals surface area contributed by atoms with Gasteiger partial charge in [-0.2, -0.15) is 0 Å². The first-order valence-corrected chi connectivity index (χ1v) is 6.51. The van der Waals surface area contributed by atoms with Crippen LogP contribution in [0.25, 0.3) is 0 Å². The van der Waals surface area contributed by atoms with Gasteiger partial charge in [-0.25, -0.2) is 0 Å². The molecule has 2 fully saturated rings. The number of hydrogen-bond acceptors (Lipinski definition) is 4. The van der Waals surface area contributed by atoms with Gasteiger partial charge in [-0.15, -0.1) is 0 Å². The predicted molar refractivity (Wildman–Crippen MR) is 64.7 cm³/mol. The van der Waals surface area contributed by atoms with Gasteiger partial charge in [-0.05, 0) is 25.0 Å². The van der Waals surface area contributed by atoms with E-state index in [1.165, 1.54) is 12.8 Å². The molecule has 1 saturated heterocycles.